The summed E-state index contributed by atoms with van der Waals surface area (Å²) in [6.45, 7) is 10.5. The van der Waals surface area contributed by atoms with Crippen LogP contribution in [0, 0.1) is 0 Å². The Labute approximate surface area is 165 Å². The Bertz CT molecular complexity index is 309. The van der Waals surface area contributed by atoms with Gasteiger partial charge in [0.2, 0.25) is 0 Å². The number of hydrogen-bond acceptors (Lipinski definition) is 0. The minimum absolute atomic E-state index is 1.26. The Balaban J connectivity index is 4.13. The lowest BCUT2D eigenvalue weighted by atomic mass is 10.1. The molecule has 0 unspecified atom stereocenters. The first-order valence-electron chi connectivity index (χ1n) is 11.4. The maximum Gasteiger partial charge on any atom is 0.0784 e. The molecule has 0 saturated carbocycles. The highest BCUT2D eigenvalue weighted by atomic mass is 15.3. The third kappa shape index (κ3) is 16.6. The van der Waals surface area contributed by atoms with Gasteiger partial charge in [0.25, 0.3) is 0 Å². The van der Waals surface area contributed by atoms with Crippen LogP contribution in [0.2, 0.25) is 0 Å². The molecule has 152 valence electrons. The second-order valence-corrected chi connectivity index (χ2v) is 8.05. The van der Waals surface area contributed by atoms with Crippen molar-refractivity contribution in [2.24, 2.45) is 0 Å². The van der Waals surface area contributed by atoms with E-state index in [1.54, 1.807) is 0 Å². The Morgan fingerprint density at radius 1 is 0.462 bits per heavy atom. The first-order chi connectivity index (χ1) is 12.7. The van der Waals surface area contributed by atoms with E-state index in [0.717, 1.165) is 0 Å². The maximum atomic E-state index is 2.52. The van der Waals surface area contributed by atoms with E-state index in [1.165, 1.54) is 101 Å². The molecule has 0 heterocycles. The first-order valence-corrected chi connectivity index (χ1v) is 11.4. The van der Waals surface area contributed by atoms with Crippen LogP contribution in [0.3, 0.4) is 0 Å². The lowest BCUT2D eigenvalue weighted by Crippen LogP contribution is -2.46. The van der Waals surface area contributed by atoms with E-state index in [1.807, 2.05) is 0 Å². The maximum absolute atomic E-state index is 2.52. The molecule has 1 nitrogen and oxygen atoms in total. The summed E-state index contributed by atoms with van der Waals surface area (Å²) in [4.78, 5) is 0. The standard InChI is InChI=1S/C25H48N/c1-5-8-11-14-17-20-23-26(4,24-21-18-15-12-9-6-2)25-22-19-16-13-10-7-3/h5-10H,11-25H2,1-4H3/q+1/b8-5+,9-6+,10-7+. The summed E-state index contributed by atoms with van der Waals surface area (Å²) in [5.74, 6) is 0. The van der Waals surface area contributed by atoms with Gasteiger partial charge in [0.1, 0.15) is 0 Å². The number of hydrogen-bond donors (Lipinski definition) is 0. The van der Waals surface area contributed by atoms with Crippen molar-refractivity contribution in [1.29, 1.82) is 0 Å². The molecule has 0 aliphatic rings. The third-order valence-electron chi connectivity index (χ3n) is 5.41. The number of nitrogens with zero attached hydrogens (tertiary/aromatic N) is 1. The Kier molecular flexibility index (Phi) is 18.4. The van der Waals surface area contributed by atoms with Crippen molar-refractivity contribution < 1.29 is 4.48 Å². The molecule has 0 fully saturated rings. The van der Waals surface area contributed by atoms with Crippen LogP contribution in [0.15, 0.2) is 36.5 Å². The van der Waals surface area contributed by atoms with Gasteiger partial charge in [0, 0.05) is 0 Å². The predicted molar refractivity (Wildman–Crippen MR) is 121 cm³/mol. The van der Waals surface area contributed by atoms with Gasteiger partial charge in [-0.2, -0.15) is 0 Å². The minimum atomic E-state index is 1.26. The number of unbranched alkanes of at least 4 members (excludes halogenated alkanes) is 9. The Hall–Kier alpha value is -0.820. The summed E-state index contributed by atoms with van der Waals surface area (Å²) in [7, 11) is 2.52. The van der Waals surface area contributed by atoms with Gasteiger partial charge in [-0.1, -0.05) is 36.5 Å². The van der Waals surface area contributed by atoms with Crippen LogP contribution in [-0.4, -0.2) is 31.2 Å². The summed E-state index contributed by atoms with van der Waals surface area (Å²) in [6.07, 6.45) is 29.7. The fraction of sp³-hybridized carbons (Fsp3) is 0.760. The summed E-state index contributed by atoms with van der Waals surface area (Å²) in [5, 5.41) is 0. The second kappa shape index (κ2) is 19.0. The molecular weight excluding hydrogens is 314 g/mol. The molecule has 0 bridgehead atoms. The third-order valence-corrected chi connectivity index (χ3v) is 5.41. The van der Waals surface area contributed by atoms with Crippen molar-refractivity contribution in [3.63, 3.8) is 0 Å². The zero-order chi connectivity index (χ0) is 19.3. The highest BCUT2D eigenvalue weighted by Gasteiger charge is 2.19. The van der Waals surface area contributed by atoms with Crippen LogP contribution in [0.1, 0.15) is 97.8 Å². The van der Waals surface area contributed by atoms with E-state index in [9.17, 15) is 0 Å². The highest BCUT2D eigenvalue weighted by Crippen LogP contribution is 2.15. The van der Waals surface area contributed by atoms with Crippen LogP contribution in [0.5, 0.6) is 0 Å². The Morgan fingerprint density at radius 3 is 1.04 bits per heavy atom. The van der Waals surface area contributed by atoms with Crippen molar-refractivity contribution >= 4 is 0 Å². The molecular formula is C25H48N+. The molecule has 0 amide bonds. The van der Waals surface area contributed by atoms with Crippen molar-refractivity contribution in [2.75, 3.05) is 26.7 Å². The molecule has 0 aromatic heterocycles. The monoisotopic (exact) mass is 362 g/mol. The smallest absolute Gasteiger partial charge is 0.0784 e. The topological polar surface area (TPSA) is 0 Å². The van der Waals surface area contributed by atoms with Gasteiger partial charge in [0.15, 0.2) is 0 Å². The summed E-state index contributed by atoms with van der Waals surface area (Å²) < 4.78 is 1.30. The average molecular weight is 363 g/mol. The predicted octanol–water partition coefficient (Wildman–Crippen LogP) is 7.84. The van der Waals surface area contributed by atoms with E-state index in [0.29, 0.717) is 0 Å². The van der Waals surface area contributed by atoms with Crippen molar-refractivity contribution in [3.8, 4) is 0 Å². The van der Waals surface area contributed by atoms with Crippen molar-refractivity contribution in [1.82, 2.24) is 0 Å². The van der Waals surface area contributed by atoms with Gasteiger partial charge in [-0.3, -0.25) is 0 Å². The van der Waals surface area contributed by atoms with Crippen LogP contribution < -0.4 is 0 Å². The van der Waals surface area contributed by atoms with Crippen LogP contribution in [-0.2, 0) is 0 Å². The summed E-state index contributed by atoms with van der Waals surface area (Å²) >= 11 is 0. The van der Waals surface area contributed by atoms with Gasteiger partial charge >= 0.3 is 0 Å². The summed E-state index contributed by atoms with van der Waals surface area (Å²) in [6, 6.07) is 0. The molecule has 0 N–H and O–H groups in total. The van der Waals surface area contributed by atoms with Crippen molar-refractivity contribution in [2.45, 2.75) is 97.8 Å². The lowest BCUT2D eigenvalue weighted by molar-refractivity contribution is -0.910. The highest BCUT2D eigenvalue weighted by molar-refractivity contribution is 4.77. The molecule has 0 aromatic carbocycles. The molecule has 26 heavy (non-hydrogen) atoms. The number of quaternary nitrogens is 1. The van der Waals surface area contributed by atoms with Gasteiger partial charge in [-0.05, 0) is 97.8 Å². The van der Waals surface area contributed by atoms with Crippen LogP contribution in [0.25, 0.3) is 0 Å². The molecule has 0 aromatic rings. The largest absolute Gasteiger partial charge is 0.326 e. The van der Waals surface area contributed by atoms with E-state index in [-0.39, 0.29) is 0 Å². The van der Waals surface area contributed by atoms with Gasteiger partial charge in [-0.25, -0.2) is 0 Å². The zero-order valence-corrected chi connectivity index (χ0v) is 18.5. The van der Waals surface area contributed by atoms with Gasteiger partial charge in [-0.15, -0.1) is 0 Å². The minimum Gasteiger partial charge on any atom is -0.326 e. The molecule has 0 aliphatic carbocycles. The summed E-state index contributed by atoms with van der Waals surface area (Å²) in [5.41, 5.74) is 0. The number of rotatable bonds is 18. The first kappa shape index (κ1) is 25.2. The van der Waals surface area contributed by atoms with Crippen LogP contribution >= 0.6 is 0 Å². The fourth-order valence-corrected chi connectivity index (χ4v) is 3.63. The zero-order valence-electron chi connectivity index (χ0n) is 18.5. The van der Waals surface area contributed by atoms with Crippen LogP contribution in [0.4, 0.5) is 0 Å². The quantitative estimate of drug-likeness (QED) is 0.132. The molecule has 0 atom stereocenters. The van der Waals surface area contributed by atoms with Crippen molar-refractivity contribution in [3.05, 3.63) is 36.5 Å². The van der Waals surface area contributed by atoms with Gasteiger partial charge in [0.05, 0.1) is 26.7 Å². The molecule has 0 saturated heterocycles. The molecule has 0 aliphatic heterocycles. The SMILES string of the molecule is C/C=C/CCCCC[N+](C)(CCCCC/C=C/C)CCCCC/C=C/C. The molecule has 0 radical (unpaired) electrons. The lowest BCUT2D eigenvalue weighted by Gasteiger charge is -2.35. The molecule has 0 spiro atoms. The van der Waals surface area contributed by atoms with Gasteiger partial charge < -0.3 is 4.48 Å². The Morgan fingerprint density at radius 2 is 0.769 bits per heavy atom. The molecule has 1 heteroatoms. The van der Waals surface area contributed by atoms with E-state index in [2.05, 4.69) is 64.3 Å². The number of allylic oxidation sites excluding steroid dienone is 6. The van der Waals surface area contributed by atoms with E-state index >= 15 is 0 Å². The average Bonchev–Trinajstić information content (AvgIpc) is 2.64. The normalized spacial score (nSPS) is 12.9. The van der Waals surface area contributed by atoms with E-state index < -0.39 is 0 Å². The van der Waals surface area contributed by atoms with E-state index in [4.69, 9.17) is 0 Å². The molecule has 0 rings (SSSR count). The second-order valence-electron chi connectivity index (χ2n) is 8.05. The fourth-order valence-electron chi connectivity index (χ4n) is 3.63.